The molecular formula is C63H49N3. The first-order valence-electron chi connectivity index (χ1n) is 22.5. The van der Waals surface area contributed by atoms with Crippen molar-refractivity contribution in [1.82, 2.24) is 14.5 Å². The van der Waals surface area contributed by atoms with Gasteiger partial charge in [-0.25, -0.2) is 0 Å². The summed E-state index contributed by atoms with van der Waals surface area (Å²) in [4.78, 5) is 8.71. The monoisotopic (exact) mass is 847 g/mol. The van der Waals surface area contributed by atoms with Gasteiger partial charge >= 0.3 is 0 Å². The van der Waals surface area contributed by atoms with Crippen molar-refractivity contribution >= 4 is 43.4 Å². The Balaban J connectivity index is 0.000000146. The number of aromatic nitrogens is 3. The lowest BCUT2D eigenvalue weighted by Gasteiger charge is -2.13. The van der Waals surface area contributed by atoms with Crippen molar-refractivity contribution in [2.24, 2.45) is 0 Å². The van der Waals surface area contributed by atoms with E-state index in [1.165, 1.54) is 99.0 Å². The van der Waals surface area contributed by atoms with E-state index in [-0.39, 0.29) is 0 Å². The van der Waals surface area contributed by atoms with E-state index < -0.39 is 0 Å². The predicted molar refractivity (Wildman–Crippen MR) is 280 cm³/mol. The fourth-order valence-corrected chi connectivity index (χ4v) is 9.16. The molecule has 0 atom stereocenters. The van der Waals surface area contributed by atoms with E-state index in [1.54, 1.807) is 0 Å². The average molecular weight is 848 g/mol. The molecule has 316 valence electrons. The first-order chi connectivity index (χ1) is 32.5. The number of pyridine rings is 2. The summed E-state index contributed by atoms with van der Waals surface area (Å²) in [5, 5.41) is 7.55. The second-order valence-corrected chi connectivity index (χ2v) is 16.8. The highest BCUT2D eigenvalue weighted by Crippen LogP contribution is 2.38. The van der Waals surface area contributed by atoms with E-state index in [1.807, 2.05) is 61.2 Å². The Bertz CT molecular complexity index is 3600. The van der Waals surface area contributed by atoms with Crippen LogP contribution in [0.2, 0.25) is 0 Å². The van der Waals surface area contributed by atoms with Crippen molar-refractivity contribution < 1.29 is 0 Å². The molecular weight excluding hydrogens is 799 g/mol. The molecule has 3 aromatic heterocycles. The smallest absolute Gasteiger partial charge is 0.0724 e. The van der Waals surface area contributed by atoms with Crippen LogP contribution in [-0.2, 0) is 0 Å². The van der Waals surface area contributed by atoms with Crippen LogP contribution in [0.5, 0.6) is 0 Å². The number of hydrogen-bond donors (Lipinski definition) is 0. The fraction of sp³-hybridized carbons (Fsp3) is 0.0476. The Morgan fingerprint density at radius 1 is 0.318 bits per heavy atom. The highest BCUT2D eigenvalue weighted by atomic mass is 15.0. The minimum atomic E-state index is 1.11. The summed E-state index contributed by atoms with van der Waals surface area (Å²) in [5.74, 6) is 0. The van der Waals surface area contributed by atoms with Crippen LogP contribution in [-0.4, -0.2) is 14.5 Å². The third-order valence-electron chi connectivity index (χ3n) is 12.4. The van der Waals surface area contributed by atoms with E-state index in [0.717, 1.165) is 11.2 Å². The topological polar surface area (TPSA) is 30.7 Å². The minimum absolute atomic E-state index is 1.11. The number of hydrogen-bond acceptors (Lipinski definition) is 2. The molecule has 0 aliphatic heterocycles. The van der Waals surface area contributed by atoms with E-state index in [2.05, 4.69) is 217 Å². The third kappa shape index (κ3) is 8.51. The number of rotatable bonds is 5. The molecule has 0 fully saturated rings. The standard InChI is InChI=1S/C34H24N2.C23H19N.C6H6/c1-23-7-4-10-25(19-23)26-11-5-12-28(20-26)36-33-16-15-27(21-32(33)31-17-18-35-22-34(31)36)30-14-6-9-24-8-2-3-13-29(24)30;1-16-10-11-19(14-23(16)20-12-13-24-15-17(20)2)22-9-5-7-18-6-3-4-8-21(18)22;1-2-4-6-5-3-1/h2-22H,1H3;3-15H,1-2H3;1-6H. The molecule has 0 aliphatic rings. The number of fused-ring (bicyclic) bond motifs is 5. The van der Waals surface area contributed by atoms with Gasteiger partial charge < -0.3 is 4.57 Å². The van der Waals surface area contributed by atoms with Gasteiger partial charge in [0.2, 0.25) is 0 Å². The van der Waals surface area contributed by atoms with Gasteiger partial charge in [-0.1, -0.05) is 181 Å². The Morgan fingerprint density at radius 2 is 0.894 bits per heavy atom. The zero-order valence-corrected chi connectivity index (χ0v) is 37.4. The largest absolute Gasteiger partial charge is 0.308 e. The van der Waals surface area contributed by atoms with Crippen LogP contribution < -0.4 is 0 Å². The van der Waals surface area contributed by atoms with Gasteiger partial charge in [-0.3, -0.25) is 9.97 Å². The highest BCUT2D eigenvalue weighted by molar-refractivity contribution is 6.11. The molecule has 12 rings (SSSR count). The average Bonchev–Trinajstić information content (AvgIpc) is 3.71. The number of aryl methyl sites for hydroxylation is 3. The van der Waals surface area contributed by atoms with Gasteiger partial charge in [-0.15, -0.1) is 0 Å². The molecule has 0 saturated carbocycles. The van der Waals surface area contributed by atoms with Crippen LogP contribution in [0.3, 0.4) is 0 Å². The second-order valence-electron chi connectivity index (χ2n) is 16.8. The van der Waals surface area contributed by atoms with Gasteiger partial charge in [-0.2, -0.15) is 0 Å². The second kappa shape index (κ2) is 18.8. The minimum Gasteiger partial charge on any atom is -0.308 e. The summed E-state index contributed by atoms with van der Waals surface area (Å²) in [5.41, 5.74) is 17.2. The van der Waals surface area contributed by atoms with Crippen LogP contribution in [0.15, 0.2) is 243 Å². The van der Waals surface area contributed by atoms with E-state index >= 15 is 0 Å². The summed E-state index contributed by atoms with van der Waals surface area (Å²) in [6.07, 6.45) is 7.66. The van der Waals surface area contributed by atoms with Gasteiger partial charge in [0.05, 0.1) is 17.2 Å². The highest BCUT2D eigenvalue weighted by Gasteiger charge is 2.15. The molecule has 0 radical (unpaired) electrons. The lowest BCUT2D eigenvalue weighted by molar-refractivity contribution is 1.17. The molecule has 0 spiro atoms. The predicted octanol–water partition coefficient (Wildman–Crippen LogP) is 16.8. The molecule has 66 heavy (non-hydrogen) atoms. The molecule has 0 amide bonds. The summed E-state index contributed by atoms with van der Waals surface area (Å²) in [7, 11) is 0. The first-order valence-corrected chi connectivity index (χ1v) is 22.5. The molecule has 9 aromatic carbocycles. The molecule has 3 nitrogen and oxygen atoms in total. The van der Waals surface area contributed by atoms with Crippen molar-refractivity contribution in [2.45, 2.75) is 20.8 Å². The maximum atomic E-state index is 4.49. The van der Waals surface area contributed by atoms with E-state index in [4.69, 9.17) is 0 Å². The van der Waals surface area contributed by atoms with Crippen LogP contribution in [0.4, 0.5) is 0 Å². The summed E-state index contributed by atoms with van der Waals surface area (Å²) in [6.45, 7) is 6.42. The molecule has 3 heterocycles. The van der Waals surface area contributed by atoms with Crippen LogP contribution in [0.1, 0.15) is 16.7 Å². The van der Waals surface area contributed by atoms with E-state index in [0.29, 0.717) is 0 Å². The van der Waals surface area contributed by atoms with Crippen molar-refractivity contribution in [1.29, 1.82) is 0 Å². The zero-order valence-electron chi connectivity index (χ0n) is 37.4. The van der Waals surface area contributed by atoms with Crippen LogP contribution >= 0.6 is 0 Å². The van der Waals surface area contributed by atoms with Crippen molar-refractivity contribution in [3.63, 3.8) is 0 Å². The van der Waals surface area contributed by atoms with Crippen LogP contribution in [0, 0.1) is 20.8 Å². The lowest BCUT2D eigenvalue weighted by Crippen LogP contribution is -1.94. The Morgan fingerprint density at radius 3 is 1.58 bits per heavy atom. The number of benzene rings is 9. The molecule has 0 aliphatic carbocycles. The van der Waals surface area contributed by atoms with Gasteiger partial charge in [-0.05, 0) is 140 Å². The molecule has 3 heteroatoms. The molecule has 0 N–H and O–H groups in total. The molecule has 12 aromatic rings. The normalized spacial score (nSPS) is 11.0. The fourth-order valence-electron chi connectivity index (χ4n) is 9.16. The summed E-state index contributed by atoms with van der Waals surface area (Å²) in [6, 6.07) is 77.5. The molecule has 0 bridgehead atoms. The third-order valence-corrected chi connectivity index (χ3v) is 12.4. The van der Waals surface area contributed by atoms with Crippen LogP contribution in [0.25, 0.3) is 93.5 Å². The van der Waals surface area contributed by atoms with E-state index in [9.17, 15) is 0 Å². The summed E-state index contributed by atoms with van der Waals surface area (Å²) >= 11 is 0. The SMILES string of the molecule is Cc1cccc(-c2cccc(-n3c4ccc(-c5cccc6ccccc56)cc4c4ccncc43)c2)c1.Cc1cnccc1-c1cc(-c2cccc3ccccc23)ccc1C.c1ccccc1. The Kier molecular flexibility index (Phi) is 11.8. The number of nitrogens with zero attached hydrogens (tertiary/aromatic N) is 3. The zero-order chi connectivity index (χ0) is 44.8. The van der Waals surface area contributed by atoms with Crippen molar-refractivity contribution in [2.75, 3.05) is 0 Å². The lowest BCUT2D eigenvalue weighted by atomic mass is 9.92. The van der Waals surface area contributed by atoms with Crippen molar-refractivity contribution in [3.8, 4) is 50.2 Å². The molecule has 0 unspecified atom stereocenters. The maximum absolute atomic E-state index is 4.49. The summed E-state index contributed by atoms with van der Waals surface area (Å²) < 4.78 is 2.34. The Hall–Kier alpha value is -8.40. The quantitative estimate of drug-likeness (QED) is 0.173. The Labute approximate surface area is 387 Å². The van der Waals surface area contributed by atoms with Gasteiger partial charge in [0.25, 0.3) is 0 Å². The van der Waals surface area contributed by atoms with Gasteiger partial charge in [0, 0.05) is 35.1 Å². The van der Waals surface area contributed by atoms with Gasteiger partial charge in [0.15, 0.2) is 0 Å². The first kappa shape index (κ1) is 41.6. The molecule has 0 saturated heterocycles. The maximum Gasteiger partial charge on any atom is 0.0724 e. The van der Waals surface area contributed by atoms with Crippen molar-refractivity contribution in [3.05, 3.63) is 260 Å². The van der Waals surface area contributed by atoms with Gasteiger partial charge in [0.1, 0.15) is 0 Å².